The third kappa shape index (κ3) is 5.38. The summed E-state index contributed by atoms with van der Waals surface area (Å²) in [5.74, 6) is -0.150. The summed E-state index contributed by atoms with van der Waals surface area (Å²) >= 11 is 21.0. The molecule has 0 aliphatic rings. The highest BCUT2D eigenvalue weighted by atomic mass is 79.9. The summed E-state index contributed by atoms with van der Waals surface area (Å²) in [6.45, 7) is 1.54. The van der Waals surface area contributed by atoms with E-state index in [0.717, 1.165) is 10.0 Å². The molecule has 24 heavy (non-hydrogen) atoms. The Balaban J connectivity index is 1.93. The maximum absolute atomic E-state index is 11.8. The van der Waals surface area contributed by atoms with Crippen LogP contribution >= 0.6 is 50.7 Å². The van der Waals surface area contributed by atoms with Crippen LogP contribution in [0.15, 0.2) is 46.0 Å². The highest BCUT2D eigenvalue weighted by molar-refractivity contribution is 9.10. The van der Waals surface area contributed by atoms with Gasteiger partial charge in [-0.15, -0.1) is 0 Å². The third-order valence-electron chi connectivity index (χ3n) is 2.94. The van der Waals surface area contributed by atoms with Gasteiger partial charge < -0.3 is 4.74 Å². The van der Waals surface area contributed by atoms with Crippen molar-refractivity contribution in [3.8, 4) is 5.75 Å². The molecule has 1 N–H and O–H groups in total. The minimum absolute atomic E-state index is 0.255. The van der Waals surface area contributed by atoms with Crippen molar-refractivity contribution in [3.05, 3.63) is 61.5 Å². The predicted molar refractivity (Wildman–Crippen MR) is 101 cm³/mol. The highest BCUT2D eigenvalue weighted by Gasteiger charge is 2.09. The lowest BCUT2D eigenvalue weighted by Crippen LogP contribution is -2.25. The average Bonchev–Trinajstić information content (AvgIpc) is 2.55. The molecule has 0 radical (unpaired) electrons. The normalized spacial score (nSPS) is 11.3. The Morgan fingerprint density at radius 1 is 1.12 bits per heavy atom. The first-order chi connectivity index (χ1) is 11.4. The monoisotopic (exact) mass is 448 g/mol. The summed E-state index contributed by atoms with van der Waals surface area (Å²) in [6.07, 6.45) is 0. The van der Waals surface area contributed by atoms with Crippen molar-refractivity contribution in [3.63, 3.8) is 0 Å². The molecule has 126 valence electrons. The highest BCUT2D eigenvalue weighted by Crippen LogP contribution is 2.33. The minimum atomic E-state index is -0.423. The lowest BCUT2D eigenvalue weighted by atomic mass is 10.1. The van der Waals surface area contributed by atoms with Crippen molar-refractivity contribution in [2.45, 2.75) is 6.92 Å². The molecule has 0 fully saturated rings. The van der Waals surface area contributed by atoms with Gasteiger partial charge in [-0.05, 0) is 30.7 Å². The molecule has 0 unspecified atom stereocenters. The smallest absolute Gasteiger partial charge is 0.277 e. The largest absolute Gasteiger partial charge is 0.482 e. The Morgan fingerprint density at radius 2 is 1.75 bits per heavy atom. The standard InChI is InChI=1S/C16H12BrCl3N2O2/c1-9(10-2-4-11(17)5-3-10)21-22-16(23)8-24-15-7-13(19)12(18)6-14(15)20/h2-7H,8H2,1H3,(H,22,23). The molecule has 4 nitrogen and oxygen atoms in total. The minimum Gasteiger partial charge on any atom is -0.482 e. The van der Waals surface area contributed by atoms with Crippen LogP contribution in [0.5, 0.6) is 5.75 Å². The number of nitrogens with one attached hydrogen (secondary N) is 1. The van der Waals surface area contributed by atoms with Gasteiger partial charge in [-0.25, -0.2) is 5.43 Å². The zero-order chi connectivity index (χ0) is 17.7. The SMILES string of the molecule is CC(=NNC(=O)COc1cc(Cl)c(Cl)cc1Cl)c1ccc(Br)cc1. The molecule has 0 spiro atoms. The molecule has 0 heterocycles. The van der Waals surface area contributed by atoms with E-state index in [9.17, 15) is 4.79 Å². The van der Waals surface area contributed by atoms with Crippen LogP contribution in [-0.2, 0) is 4.79 Å². The number of carbonyl (C=O) groups is 1. The van der Waals surface area contributed by atoms with E-state index in [0.29, 0.717) is 15.8 Å². The summed E-state index contributed by atoms with van der Waals surface area (Å²) in [5.41, 5.74) is 3.99. The Morgan fingerprint density at radius 3 is 2.42 bits per heavy atom. The number of hydrazone groups is 1. The van der Waals surface area contributed by atoms with Crippen molar-refractivity contribution in [2.24, 2.45) is 5.10 Å². The lowest BCUT2D eigenvalue weighted by molar-refractivity contribution is -0.123. The third-order valence-corrected chi connectivity index (χ3v) is 4.49. The van der Waals surface area contributed by atoms with Crippen LogP contribution in [0.1, 0.15) is 12.5 Å². The van der Waals surface area contributed by atoms with Crippen LogP contribution < -0.4 is 10.2 Å². The van der Waals surface area contributed by atoms with Gasteiger partial charge in [-0.2, -0.15) is 5.10 Å². The van der Waals surface area contributed by atoms with Crippen molar-refractivity contribution in [2.75, 3.05) is 6.61 Å². The Hall–Kier alpha value is -1.27. The number of halogens is 4. The van der Waals surface area contributed by atoms with E-state index >= 15 is 0 Å². The van der Waals surface area contributed by atoms with Gasteiger partial charge in [0.05, 0.1) is 20.8 Å². The number of amides is 1. The molecule has 0 bridgehead atoms. The van der Waals surface area contributed by atoms with E-state index in [4.69, 9.17) is 39.5 Å². The number of hydrogen-bond acceptors (Lipinski definition) is 3. The van der Waals surface area contributed by atoms with Gasteiger partial charge in [0.2, 0.25) is 0 Å². The second-order valence-corrected chi connectivity index (χ2v) is 6.86. The van der Waals surface area contributed by atoms with Gasteiger partial charge >= 0.3 is 0 Å². The Bertz CT molecular complexity index is 780. The van der Waals surface area contributed by atoms with Gasteiger partial charge in [0, 0.05) is 10.5 Å². The van der Waals surface area contributed by atoms with E-state index in [2.05, 4.69) is 26.5 Å². The second-order valence-electron chi connectivity index (χ2n) is 4.72. The molecule has 8 heteroatoms. The molecular formula is C16H12BrCl3N2O2. The van der Waals surface area contributed by atoms with Crippen LogP contribution in [0.2, 0.25) is 15.1 Å². The average molecular weight is 451 g/mol. The van der Waals surface area contributed by atoms with E-state index < -0.39 is 5.91 Å². The van der Waals surface area contributed by atoms with Gasteiger partial charge in [0.1, 0.15) is 5.75 Å². The zero-order valence-electron chi connectivity index (χ0n) is 12.4. The molecule has 2 aromatic rings. The number of ether oxygens (including phenoxy) is 1. The fourth-order valence-corrected chi connectivity index (χ4v) is 2.55. The van der Waals surface area contributed by atoms with Crippen LogP contribution in [0.4, 0.5) is 0 Å². The molecule has 2 rings (SSSR count). The first-order valence-corrected chi connectivity index (χ1v) is 8.66. The maximum Gasteiger partial charge on any atom is 0.277 e. The molecule has 0 aromatic heterocycles. The van der Waals surface area contributed by atoms with E-state index in [1.807, 2.05) is 24.3 Å². The fraction of sp³-hybridized carbons (Fsp3) is 0.125. The second kappa shape index (κ2) is 8.72. The summed E-state index contributed by atoms with van der Waals surface area (Å²) in [7, 11) is 0. The number of nitrogens with zero attached hydrogens (tertiary/aromatic N) is 1. The molecule has 0 aliphatic heterocycles. The summed E-state index contributed by atoms with van der Waals surface area (Å²) in [6, 6.07) is 10.5. The van der Waals surface area contributed by atoms with Gasteiger partial charge in [-0.1, -0.05) is 62.9 Å². The quantitative estimate of drug-likeness (QED) is 0.380. The van der Waals surface area contributed by atoms with E-state index in [-0.39, 0.29) is 17.4 Å². The molecule has 0 atom stereocenters. The van der Waals surface area contributed by atoms with Crippen LogP contribution in [0, 0.1) is 0 Å². The fourth-order valence-electron chi connectivity index (χ4n) is 1.69. The van der Waals surface area contributed by atoms with Crippen LogP contribution in [0.25, 0.3) is 0 Å². The first-order valence-electron chi connectivity index (χ1n) is 6.73. The maximum atomic E-state index is 11.8. The number of benzene rings is 2. The molecule has 0 saturated heterocycles. The molecule has 0 saturated carbocycles. The number of rotatable bonds is 5. The van der Waals surface area contributed by atoms with E-state index in [1.54, 1.807) is 6.92 Å². The number of carbonyl (C=O) groups excluding carboxylic acids is 1. The van der Waals surface area contributed by atoms with Gasteiger partial charge in [0.15, 0.2) is 6.61 Å². The van der Waals surface area contributed by atoms with Crippen molar-refractivity contribution < 1.29 is 9.53 Å². The van der Waals surface area contributed by atoms with Crippen LogP contribution in [-0.4, -0.2) is 18.2 Å². The number of hydrogen-bond donors (Lipinski definition) is 1. The summed E-state index contributed by atoms with van der Waals surface area (Å²) in [4.78, 5) is 11.8. The summed E-state index contributed by atoms with van der Waals surface area (Å²) in [5, 5.41) is 4.91. The topological polar surface area (TPSA) is 50.7 Å². The van der Waals surface area contributed by atoms with Gasteiger partial charge in [-0.3, -0.25) is 4.79 Å². The predicted octanol–water partition coefficient (Wildman–Crippen LogP) is 5.33. The first kappa shape index (κ1) is 19.1. The Kier molecular flexibility index (Phi) is 6.92. The molecule has 1 amide bonds. The molecular weight excluding hydrogens is 438 g/mol. The Labute approximate surface area is 162 Å². The summed E-state index contributed by atoms with van der Waals surface area (Å²) < 4.78 is 6.29. The van der Waals surface area contributed by atoms with Crippen LogP contribution in [0.3, 0.4) is 0 Å². The van der Waals surface area contributed by atoms with E-state index in [1.165, 1.54) is 12.1 Å². The lowest BCUT2D eigenvalue weighted by Gasteiger charge is -2.08. The molecule has 2 aromatic carbocycles. The molecule has 0 aliphatic carbocycles. The van der Waals surface area contributed by atoms with Crippen molar-refractivity contribution in [1.82, 2.24) is 5.43 Å². The van der Waals surface area contributed by atoms with Crippen molar-refractivity contribution >= 4 is 62.4 Å². The zero-order valence-corrected chi connectivity index (χ0v) is 16.3. The van der Waals surface area contributed by atoms with Crippen molar-refractivity contribution in [1.29, 1.82) is 0 Å². The van der Waals surface area contributed by atoms with Gasteiger partial charge in [0.25, 0.3) is 5.91 Å².